The summed E-state index contributed by atoms with van der Waals surface area (Å²) >= 11 is 0. The number of hydrogen-bond donors (Lipinski definition) is 4. The average Bonchev–Trinajstić information content (AvgIpc) is 3.14. The van der Waals surface area contributed by atoms with E-state index in [4.69, 9.17) is 20.3 Å². The van der Waals surface area contributed by atoms with Gasteiger partial charge in [0.1, 0.15) is 11.7 Å². The lowest BCUT2D eigenvalue weighted by Gasteiger charge is -2.12. The van der Waals surface area contributed by atoms with Crippen molar-refractivity contribution in [3.8, 4) is 11.8 Å². The topological polar surface area (TPSA) is 158 Å². The fourth-order valence-electron chi connectivity index (χ4n) is 3.73. The minimum absolute atomic E-state index is 0.0571. The molecule has 1 amide bonds. The van der Waals surface area contributed by atoms with Crippen LogP contribution in [0.3, 0.4) is 0 Å². The Hall–Kier alpha value is -3.87. The molecule has 0 radical (unpaired) electrons. The number of aryl methyl sites for hydroxylation is 1. The van der Waals surface area contributed by atoms with Gasteiger partial charge in [-0.1, -0.05) is 6.07 Å². The zero-order chi connectivity index (χ0) is 25.3. The molecule has 4 rings (SSSR count). The average molecular weight is 500 g/mol. The second-order valence-corrected chi connectivity index (χ2v) is 9.45. The summed E-state index contributed by atoms with van der Waals surface area (Å²) in [5.74, 6) is -0.140. The van der Waals surface area contributed by atoms with Gasteiger partial charge in [-0.2, -0.15) is 4.98 Å². The van der Waals surface area contributed by atoms with Crippen molar-refractivity contribution in [1.82, 2.24) is 9.55 Å². The molecule has 0 spiro atoms. The summed E-state index contributed by atoms with van der Waals surface area (Å²) in [5.41, 5.74) is 7.83. The van der Waals surface area contributed by atoms with Crippen molar-refractivity contribution < 1.29 is 27.8 Å². The van der Waals surface area contributed by atoms with Crippen LogP contribution in [-0.2, 0) is 21.9 Å². The van der Waals surface area contributed by atoms with E-state index in [2.05, 4.69) is 15.0 Å². The maximum atomic E-state index is 13.2. The summed E-state index contributed by atoms with van der Waals surface area (Å²) in [5, 5.41) is 13.3. The molecule has 2 heterocycles. The number of carbonyl (C=O) groups is 1. The van der Waals surface area contributed by atoms with E-state index in [0.29, 0.717) is 5.69 Å². The fourth-order valence-corrected chi connectivity index (χ4v) is 4.81. The zero-order valence-corrected chi connectivity index (χ0v) is 20.1. The Morgan fingerprint density at radius 3 is 2.54 bits per heavy atom. The third-order valence-electron chi connectivity index (χ3n) is 5.57. The number of carbonyl (C=O) groups excluding carboxylic acids is 1. The van der Waals surface area contributed by atoms with Crippen LogP contribution >= 0.6 is 0 Å². The Morgan fingerprint density at radius 2 is 1.86 bits per heavy atom. The highest BCUT2D eigenvalue weighted by molar-refractivity contribution is 7.92. The Bertz CT molecular complexity index is 1530. The highest BCUT2D eigenvalue weighted by Crippen LogP contribution is 2.33. The molecule has 0 fully saturated rings. The summed E-state index contributed by atoms with van der Waals surface area (Å²) in [7, 11) is 0.711. The van der Waals surface area contributed by atoms with Crippen LogP contribution in [0.25, 0.3) is 21.8 Å². The van der Waals surface area contributed by atoms with Crippen molar-refractivity contribution in [1.29, 1.82) is 0 Å². The predicted molar refractivity (Wildman–Crippen MR) is 132 cm³/mol. The number of hydrogen-bond acceptors (Lipinski definition) is 8. The van der Waals surface area contributed by atoms with Crippen LogP contribution in [0.5, 0.6) is 11.8 Å². The molecule has 0 saturated carbocycles. The summed E-state index contributed by atoms with van der Waals surface area (Å²) in [6.07, 6.45) is 0. The summed E-state index contributed by atoms with van der Waals surface area (Å²) in [4.78, 5) is 16.2. The van der Waals surface area contributed by atoms with Crippen molar-refractivity contribution in [3.63, 3.8) is 0 Å². The van der Waals surface area contributed by atoms with Crippen LogP contribution in [0.2, 0.25) is 0 Å². The summed E-state index contributed by atoms with van der Waals surface area (Å²) < 4.78 is 41.0. The molecule has 2 aromatic heterocycles. The monoisotopic (exact) mass is 499 g/mol. The number of methoxy groups -OCH3 is 2. The van der Waals surface area contributed by atoms with Gasteiger partial charge in [-0.05, 0) is 36.4 Å². The number of nitrogens with zero attached hydrogens (tertiary/aromatic N) is 2. The highest BCUT2D eigenvalue weighted by atomic mass is 32.2. The van der Waals surface area contributed by atoms with Crippen molar-refractivity contribution in [3.05, 3.63) is 48.5 Å². The third kappa shape index (κ3) is 4.58. The maximum absolute atomic E-state index is 13.2. The normalized spacial score (nSPS) is 12.5. The van der Waals surface area contributed by atoms with Gasteiger partial charge in [0.05, 0.1) is 31.2 Å². The van der Waals surface area contributed by atoms with E-state index in [1.165, 1.54) is 32.4 Å². The van der Waals surface area contributed by atoms with E-state index in [0.717, 1.165) is 21.8 Å². The van der Waals surface area contributed by atoms with Gasteiger partial charge < -0.3 is 30.2 Å². The minimum atomic E-state index is -3.97. The lowest BCUT2D eigenvalue weighted by Crippen LogP contribution is -2.38. The van der Waals surface area contributed by atoms with E-state index in [1.807, 2.05) is 11.6 Å². The van der Waals surface area contributed by atoms with E-state index in [-0.39, 0.29) is 22.3 Å². The number of aliphatic hydroxyl groups is 1. The Balaban J connectivity index is 1.72. The molecule has 0 aliphatic heterocycles. The van der Waals surface area contributed by atoms with Crippen LogP contribution in [0.1, 0.15) is 0 Å². The summed E-state index contributed by atoms with van der Waals surface area (Å²) in [6, 6.07) is 12.1. The van der Waals surface area contributed by atoms with Gasteiger partial charge in [0.15, 0.2) is 0 Å². The number of fused-ring (bicyclic) bond motifs is 3. The number of pyridine rings is 1. The molecule has 12 heteroatoms. The molecular weight excluding hydrogens is 474 g/mol. The Labute approximate surface area is 201 Å². The first kappa shape index (κ1) is 24.3. The SMILES string of the molecule is COc1ccc(NS(=O)(=O)c2ccc3c(c2)c2ccc(NC(=O)[C@@H](N)CO)cc2n3C)c(OC)n1. The number of benzene rings is 2. The molecule has 5 N–H and O–H groups in total. The third-order valence-corrected chi connectivity index (χ3v) is 6.93. The number of rotatable bonds is 8. The van der Waals surface area contributed by atoms with Gasteiger partial charge in [-0.15, -0.1) is 0 Å². The lowest BCUT2D eigenvalue weighted by atomic mass is 10.1. The molecule has 0 bridgehead atoms. The number of ether oxygens (including phenoxy) is 2. The van der Waals surface area contributed by atoms with Gasteiger partial charge in [-0.25, -0.2) is 8.42 Å². The van der Waals surface area contributed by atoms with Crippen LogP contribution in [-0.4, -0.2) is 55.9 Å². The van der Waals surface area contributed by atoms with Crippen LogP contribution in [0, 0.1) is 0 Å². The van der Waals surface area contributed by atoms with Gasteiger partial charge in [-0.3, -0.25) is 9.52 Å². The van der Waals surface area contributed by atoms with E-state index in [1.54, 1.807) is 30.3 Å². The number of nitrogens with two attached hydrogens (primary N) is 1. The van der Waals surface area contributed by atoms with Crippen molar-refractivity contribution in [2.75, 3.05) is 30.9 Å². The number of sulfonamides is 1. The highest BCUT2D eigenvalue weighted by Gasteiger charge is 2.20. The van der Waals surface area contributed by atoms with Crippen molar-refractivity contribution >= 4 is 49.1 Å². The second-order valence-electron chi connectivity index (χ2n) is 7.76. The Kier molecular flexibility index (Phi) is 6.52. The van der Waals surface area contributed by atoms with Crippen molar-refractivity contribution in [2.45, 2.75) is 10.9 Å². The second kappa shape index (κ2) is 9.41. The summed E-state index contributed by atoms with van der Waals surface area (Å²) in [6.45, 7) is -0.466. The van der Waals surface area contributed by atoms with Gasteiger partial charge in [0.25, 0.3) is 10.0 Å². The molecule has 4 aromatic rings. The standard InChI is InChI=1S/C23H25N5O6S/c1-28-19-8-5-14(35(31,32)27-18-7-9-21(33-2)26-23(18)34-3)11-16(19)15-6-4-13(10-20(15)28)25-22(30)17(24)12-29/h4-11,17,27,29H,12,24H2,1-3H3,(H,25,30)/t17-/m0/s1. The number of aliphatic hydroxyl groups excluding tert-OH is 1. The van der Waals surface area contributed by atoms with Gasteiger partial charge >= 0.3 is 0 Å². The molecule has 0 unspecified atom stereocenters. The van der Waals surface area contributed by atoms with Gasteiger partial charge in [0.2, 0.25) is 17.7 Å². The maximum Gasteiger partial charge on any atom is 0.262 e. The predicted octanol–water partition coefficient (Wildman–Crippen LogP) is 1.80. The quantitative estimate of drug-likeness (QED) is 0.286. The molecule has 1 atom stereocenters. The lowest BCUT2D eigenvalue weighted by molar-refractivity contribution is -0.118. The largest absolute Gasteiger partial charge is 0.481 e. The first-order valence-electron chi connectivity index (χ1n) is 10.5. The van der Waals surface area contributed by atoms with Crippen LogP contribution in [0.15, 0.2) is 53.4 Å². The zero-order valence-electron chi connectivity index (χ0n) is 19.3. The Morgan fingerprint density at radius 1 is 1.09 bits per heavy atom. The number of anilines is 2. The van der Waals surface area contributed by atoms with Crippen molar-refractivity contribution in [2.24, 2.45) is 12.8 Å². The van der Waals surface area contributed by atoms with E-state index >= 15 is 0 Å². The van der Waals surface area contributed by atoms with E-state index in [9.17, 15) is 13.2 Å². The number of nitrogens with one attached hydrogen (secondary N) is 2. The molecule has 0 saturated heterocycles. The molecule has 0 aliphatic rings. The smallest absolute Gasteiger partial charge is 0.262 e. The minimum Gasteiger partial charge on any atom is -0.481 e. The molecule has 0 aliphatic carbocycles. The molecule has 2 aromatic carbocycles. The molecule has 11 nitrogen and oxygen atoms in total. The first-order chi connectivity index (χ1) is 16.7. The number of aromatic nitrogens is 2. The molecule has 184 valence electrons. The van der Waals surface area contributed by atoms with Crippen LogP contribution < -0.4 is 25.2 Å². The number of amides is 1. The molecule has 35 heavy (non-hydrogen) atoms. The van der Waals surface area contributed by atoms with Gasteiger partial charge in [0, 0.05) is 35.1 Å². The van der Waals surface area contributed by atoms with E-state index < -0.39 is 28.6 Å². The fraction of sp³-hybridized carbons (Fsp3) is 0.217. The van der Waals surface area contributed by atoms with Crippen LogP contribution in [0.4, 0.5) is 11.4 Å². The molecular formula is C23H25N5O6S. The first-order valence-corrected chi connectivity index (χ1v) is 12.0.